The molecule has 3 N–H and O–H groups in total. The van der Waals surface area contributed by atoms with Gasteiger partial charge in [-0.15, -0.1) is 0 Å². The van der Waals surface area contributed by atoms with Crippen molar-refractivity contribution < 1.29 is 17.2 Å². The lowest BCUT2D eigenvalue weighted by atomic mass is 10.1. The second kappa shape index (κ2) is 8.13. The Morgan fingerprint density at radius 2 is 1.69 bits per heavy atom. The van der Waals surface area contributed by atoms with Gasteiger partial charge >= 0.3 is 0 Å². The van der Waals surface area contributed by atoms with Gasteiger partial charge in [-0.1, -0.05) is 42.7 Å². The number of hydrogen-bond acceptors (Lipinski definition) is 3. The lowest BCUT2D eigenvalue weighted by Gasteiger charge is -2.13. The second-order valence-corrected chi connectivity index (χ2v) is 6.17. The average Bonchev–Trinajstić information content (AvgIpc) is 2.13. The molecule has 1 unspecified atom stereocenters. The minimum atomic E-state index is -4.08. The molecule has 0 spiro atoms. The molecule has 6 nitrogen and oxygen atoms in total. The summed E-state index contributed by atoms with van der Waals surface area (Å²) in [6.07, 6.45) is 5.79. The number of rotatable bonds is 9. The quantitative estimate of drug-likeness (QED) is 0.483. The molecule has 0 aliphatic rings. The predicted molar refractivity (Wildman–Crippen MR) is 64.0 cm³/mol. The van der Waals surface area contributed by atoms with Crippen LogP contribution in [0, 0.1) is 0 Å². The molecule has 0 saturated heterocycles. The summed E-state index contributed by atoms with van der Waals surface area (Å²) in [6, 6.07) is 0. The van der Waals surface area contributed by atoms with E-state index in [1.807, 2.05) is 0 Å². The van der Waals surface area contributed by atoms with Gasteiger partial charge in [0.15, 0.2) is 0 Å². The molecule has 0 heterocycles. The molecule has 0 fully saturated rings. The molecule has 0 aliphatic heterocycles. The van der Waals surface area contributed by atoms with E-state index < -0.39 is 21.5 Å². The summed E-state index contributed by atoms with van der Waals surface area (Å²) in [4.78, 5) is 0. The van der Waals surface area contributed by atoms with Crippen LogP contribution in [0.1, 0.15) is 45.4 Å². The van der Waals surface area contributed by atoms with Crippen molar-refractivity contribution in [2.45, 2.75) is 45.4 Å². The molecule has 0 aromatic rings. The van der Waals surface area contributed by atoms with Gasteiger partial charge < -0.3 is 0 Å². The molecular formula is C8H20N2O4S2. The average molecular weight is 272 g/mol. The maximum absolute atomic E-state index is 10.9. The molecule has 0 aromatic heterocycles. The van der Waals surface area contributed by atoms with Gasteiger partial charge in [0.25, 0.3) is 10.2 Å². The van der Waals surface area contributed by atoms with Gasteiger partial charge in [0, 0.05) is 6.54 Å². The van der Waals surface area contributed by atoms with Crippen LogP contribution < -0.4 is 5.14 Å². The Balaban J connectivity index is 3.84. The maximum atomic E-state index is 10.9. The lowest BCUT2D eigenvalue weighted by molar-refractivity contribution is 0.465. The number of unbranched alkanes of at least 4 members (excludes halogenated alkanes) is 5. The predicted octanol–water partition coefficient (Wildman–Crippen LogP) is 0.989. The van der Waals surface area contributed by atoms with Crippen molar-refractivity contribution in [1.29, 1.82) is 0 Å². The second-order valence-electron chi connectivity index (χ2n) is 3.57. The third-order valence-corrected chi connectivity index (χ3v) is 4.44. The Morgan fingerprint density at radius 3 is 2.12 bits per heavy atom. The summed E-state index contributed by atoms with van der Waals surface area (Å²) in [6.45, 7) is 2.10. The van der Waals surface area contributed by atoms with Crippen LogP contribution in [0.4, 0.5) is 0 Å². The molecule has 0 bridgehead atoms. The van der Waals surface area contributed by atoms with Crippen LogP contribution >= 0.6 is 0 Å². The molecule has 0 aromatic carbocycles. The van der Waals surface area contributed by atoms with E-state index in [1.165, 1.54) is 0 Å². The van der Waals surface area contributed by atoms with Crippen LogP contribution in [0.3, 0.4) is 0 Å². The molecule has 0 rings (SSSR count). The molecule has 16 heavy (non-hydrogen) atoms. The first-order valence-electron chi connectivity index (χ1n) is 5.31. The van der Waals surface area contributed by atoms with Gasteiger partial charge in [-0.2, -0.15) is 8.42 Å². The first kappa shape index (κ1) is 16.0. The van der Waals surface area contributed by atoms with Crippen LogP contribution in [0.5, 0.6) is 0 Å². The monoisotopic (exact) mass is 272 g/mol. The highest BCUT2D eigenvalue weighted by Gasteiger charge is 2.22. The lowest BCUT2D eigenvalue weighted by Crippen LogP contribution is -2.38. The van der Waals surface area contributed by atoms with E-state index in [9.17, 15) is 12.6 Å². The summed E-state index contributed by atoms with van der Waals surface area (Å²) in [7, 11) is -4.08. The van der Waals surface area contributed by atoms with E-state index in [1.54, 1.807) is 0 Å². The molecule has 8 heteroatoms. The van der Waals surface area contributed by atoms with E-state index in [0.29, 0.717) is 10.1 Å². The van der Waals surface area contributed by atoms with E-state index in [-0.39, 0.29) is 6.54 Å². The van der Waals surface area contributed by atoms with Crippen LogP contribution in [-0.2, 0) is 21.5 Å². The van der Waals surface area contributed by atoms with Crippen molar-refractivity contribution in [2.24, 2.45) is 5.14 Å². The van der Waals surface area contributed by atoms with Gasteiger partial charge in [0.1, 0.15) is 0 Å². The summed E-state index contributed by atoms with van der Waals surface area (Å²) in [5.74, 6) is 0. The smallest absolute Gasteiger partial charge is 0.289 e. The maximum Gasteiger partial charge on any atom is 0.289 e. The Bertz CT molecular complexity index is 305. The zero-order valence-corrected chi connectivity index (χ0v) is 11.1. The highest BCUT2D eigenvalue weighted by atomic mass is 32.3. The largest absolute Gasteiger partial charge is 0.293 e. The SMILES string of the molecule is CCCCCCCCN(S(=O)O)S(N)(=O)=O. The third kappa shape index (κ3) is 7.29. The summed E-state index contributed by atoms with van der Waals surface area (Å²) in [5, 5.41) is 4.79. The van der Waals surface area contributed by atoms with Crippen molar-refractivity contribution in [1.82, 2.24) is 3.71 Å². The highest BCUT2D eigenvalue weighted by molar-refractivity contribution is 7.97. The summed E-state index contributed by atoms with van der Waals surface area (Å²) >= 11 is -2.56. The van der Waals surface area contributed by atoms with Crippen molar-refractivity contribution in [3.8, 4) is 0 Å². The van der Waals surface area contributed by atoms with E-state index >= 15 is 0 Å². The Labute approximate surface area is 99.8 Å². The molecule has 0 saturated carbocycles. The van der Waals surface area contributed by atoms with Crippen LogP contribution in [0.2, 0.25) is 0 Å². The van der Waals surface area contributed by atoms with E-state index in [0.717, 1.165) is 32.1 Å². The fraction of sp³-hybridized carbons (Fsp3) is 1.00. The number of nitrogens with two attached hydrogens (primary N) is 1. The summed E-state index contributed by atoms with van der Waals surface area (Å²) < 4.78 is 41.6. The highest BCUT2D eigenvalue weighted by Crippen LogP contribution is 2.07. The van der Waals surface area contributed by atoms with Crippen molar-refractivity contribution in [3.05, 3.63) is 0 Å². The third-order valence-electron chi connectivity index (χ3n) is 2.15. The molecule has 0 aliphatic carbocycles. The first-order valence-corrected chi connectivity index (χ1v) is 7.87. The minimum absolute atomic E-state index is 0.00588. The van der Waals surface area contributed by atoms with Crippen molar-refractivity contribution in [3.63, 3.8) is 0 Å². The fourth-order valence-corrected chi connectivity index (χ4v) is 2.70. The Morgan fingerprint density at radius 1 is 1.19 bits per heavy atom. The van der Waals surface area contributed by atoms with Gasteiger partial charge in [0.2, 0.25) is 11.3 Å². The van der Waals surface area contributed by atoms with Gasteiger partial charge in [0.05, 0.1) is 0 Å². The number of nitrogens with zero attached hydrogens (tertiary/aromatic N) is 1. The van der Waals surface area contributed by atoms with E-state index in [2.05, 4.69) is 6.92 Å². The fourth-order valence-electron chi connectivity index (χ4n) is 1.32. The van der Waals surface area contributed by atoms with Crippen molar-refractivity contribution >= 4 is 21.5 Å². The van der Waals surface area contributed by atoms with Crippen molar-refractivity contribution in [2.75, 3.05) is 6.54 Å². The molecule has 0 radical (unpaired) electrons. The van der Waals surface area contributed by atoms with Gasteiger partial charge in [-0.25, -0.2) is 9.35 Å². The Hall–Kier alpha value is -0.0200. The standard InChI is InChI=1S/C8H20N2O4S2/c1-2-3-4-5-6-7-8-10(15(11)12)16(9,13)14/h2-8H2,1H3,(H,11,12)(H2,9,13,14). The molecule has 98 valence electrons. The molecular weight excluding hydrogens is 252 g/mol. The normalized spacial score (nSPS) is 14.2. The topological polar surface area (TPSA) is 101 Å². The van der Waals surface area contributed by atoms with Crippen LogP contribution in [-0.4, -0.2) is 27.4 Å². The van der Waals surface area contributed by atoms with Gasteiger partial charge in [-0.05, 0) is 6.42 Å². The zero-order chi connectivity index (χ0) is 12.6. The van der Waals surface area contributed by atoms with Gasteiger partial charge in [-0.3, -0.25) is 4.55 Å². The first-order chi connectivity index (χ1) is 7.39. The number of hydrogen-bond donors (Lipinski definition) is 2. The van der Waals surface area contributed by atoms with E-state index in [4.69, 9.17) is 9.69 Å². The Kier molecular flexibility index (Phi) is 8.12. The molecule has 0 amide bonds. The molecule has 1 atom stereocenters. The minimum Gasteiger partial charge on any atom is -0.293 e. The van der Waals surface area contributed by atoms with Crippen LogP contribution in [0.25, 0.3) is 0 Å². The zero-order valence-electron chi connectivity index (χ0n) is 9.46. The summed E-state index contributed by atoms with van der Waals surface area (Å²) in [5.41, 5.74) is 0. The van der Waals surface area contributed by atoms with Crippen LogP contribution in [0.15, 0.2) is 0 Å².